The maximum atomic E-state index is 12.9. The van der Waals surface area contributed by atoms with Crippen LogP contribution in [0.25, 0.3) is 16.7 Å². The Hall–Kier alpha value is -3.45. The Morgan fingerprint density at radius 1 is 0.800 bits per heavy atom. The lowest BCUT2D eigenvalue weighted by atomic mass is 10.1. The van der Waals surface area contributed by atoms with Crippen molar-refractivity contribution >= 4 is 34.2 Å². The zero-order valence-electron chi connectivity index (χ0n) is 16.3. The summed E-state index contributed by atoms with van der Waals surface area (Å²) in [6.07, 6.45) is 1.80. The lowest BCUT2D eigenvalue weighted by Gasteiger charge is -2.34. The Labute approximate surface area is 178 Å². The molecule has 1 fully saturated rings. The molecule has 30 heavy (non-hydrogen) atoms. The average molecular weight is 417 g/mol. The van der Waals surface area contributed by atoms with Crippen molar-refractivity contribution in [1.29, 1.82) is 0 Å². The van der Waals surface area contributed by atoms with Crippen molar-refractivity contribution < 1.29 is 9.59 Å². The molecule has 0 bridgehead atoms. The molecule has 6 nitrogen and oxygen atoms in total. The van der Waals surface area contributed by atoms with Gasteiger partial charge in [-0.1, -0.05) is 18.2 Å². The van der Waals surface area contributed by atoms with E-state index in [-0.39, 0.29) is 11.8 Å². The fourth-order valence-corrected chi connectivity index (χ4v) is 4.47. The number of imidazole rings is 1. The first-order chi connectivity index (χ1) is 14.7. The van der Waals surface area contributed by atoms with Crippen molar-refractivity contribution in [2.24, 2.45) is 0 Å². The normalized spacial score (nSPS) is 14.3. The number of hydrogen-bond donors (Lipinski definition) is 0. The molecule has 0 atom stereocenters. The third-order valence-corrected chi connectivity index (χ3v) is 6.29. The molecule has 2 aromatic heterocycles. The largest absolute Gasteiger partial charge is 0.335 e. The Bertz CT molecular complexity index is 1190. The van der Waals surface area contributed by atoms with Gasteiger partial charge >= 0.3 is 0 Å². The predicted molar refractivity (Wildman–Crippen MR) is 117 cm³/mol. The molecule has 2 amide bonds. The number of aromatic nitrogens is 2. The molecule has 150 valence electrons. The highest BCUT2D eigenvalue weighted by atomic mass is 32.1. The van der Waals surface area contributed by atoms with E-state index in [1.807, 2.05) is 80.4 Å². The molecule has 2 aromatic carbocycles. The van der Waals surface area contributed by atoms with Crippen molar-refractivity contribution in [3.8, 4) is 5.69 Å². The highest BCUT2D eigenvalue weighted by Crippen LogP contribution is 2.19. The zero-order valence-corrected chi connectivity index (χ0v) is 17.1. The molecular weight excluding hydrogens is 396 g/mol. The summed E-state index contributed by atoms with van der Waals surface area (Å²) in [7, 11) is 0. The van der Waals surface area contributed by atoms with E-state index in [4.69, 9.17) is 0 Å². The van der Waals surface area contributed by atoms with Crippen LogP contribution in [0.1, 0.15) is 20.0 Å². The minimum absolute atomic E-state index is 0.000242. The Morgan fingerprint density at radius 2 is 1.50 bits per heavy atom. The maximum Gasteiger partial charge on any atom is 0.264 e. The topological polar surface area (TPSA) is 58.4 Å². The number of thiophene rings is 1. The van der Waals surface area contributed by atoms with Crippen LogP contribution < -0.4 is 0 Å². The molecule has 0 unspecified atom stereocenters. The number of fused-ring (bicyclic) bond motifs is 1. The second kappa shape index (κ2) is 7.76. The summed E-state index contributed by atoms with van der Waals surface area (Å²) in [5.74, 6) is 0.0503. The minimum atomic E-state index is 0.000242. The molecule has 1 saturated heterocycles. The van der Waals surface area contributed by atoms with Gasteiger partial charge in [0.2, 0.25) is 0 Å². The van der Waals surface area contributed by atoms with Gasteiger partial charge in [-0.2, -0.15) is 0 Å². The van der Waals surface area contributed by atoms with Crippen LogP contribution in [0.15, 0.2) is 72.4 Å². The van der Waals surface area contributed by atoms with Gasteiger partial charge in [-0.3, -0.25) is 14.2 Å². The zero-order chi connectivity index (χ0) is 20.5. The number of hydrogen-bond acceptors (Lipinski definition) is 4. The molecule has 4 aromatic rings. The average Bonchev–Trinajstić information content (AvgIpc) is 3.49. The minimum Gasteiger partial charge on any atom is -0.335 e. The van der Waals surface area contributed by atoms with Crippen LogP contribution in [0.5, 0.6) is 0 Å². The van der Waals surface area contributed by atoms with Crippen LogP contribution >= 0.6 is 11.3 Å². The summed E-state index contributed by atoms with van der Waals surface area (Å²) < 4.78 is 2.01. The first-order valence-corrected chi connectivity index (χ1v) is 10.7. The number of amides is 2. The van der Waals surface area contributed by atoms with Crippen molar-refractivity contribution in [2.75, 3.05) is 26.2 Å². The Kier molecular flexibility index (Phi) is 4.80. The molecule has 7 heteroatoms. The quantitative estimate of drug-likeness (QED) is 0.512. The van der Waals surface area contributed by atoms with E-state index < -0.39 is 0 Å². The number of carbonyl (C=O) groups excluding carboxylic acids is 2. The summed E-state index contributed by atoms with van der Waals surface area (Å²) in [6, 6.07) is 19.3. The van der Waals surface area contributed by atoms with Gasteiger partial charge in [0.1, 0.15) is 6.33 Å². The van der Waals surface area contributed by atoms with Gasteiger partial charge in [-0.25, -0.2) is 4.98 Å². The molecule has 0 spiro atoms. The summed E-state index contributed by atoms with van der Waals surface area (Å²) in [4.78, 5) is 34.2. The van der Waals surface area contributed by atoms with E-state index in [0.717, 1.165) is 21.6 Å². The number of piperazine rings is 1. The second-order valence-corrected chi connectivity index (χ2v) is 8.16. The third-order valence-electron chi connectivity index (χ3n) is 5.43. The van der Waals surface area contributed by atoms with Crippen LogP contribution in [-0.4, -0.2) is 57.3 Å². The second-order valence-electron chi connectivity index (χ2n) is 7.21. The lowest BCUT2D eigenvalue weighted by Crippen LogP contribution is -2.50. The molecule has 0 aliphatic carbocycles. The lowest BCUT2D eigenvalue weighted by molar-refractivity contribution is 0.0538. The molecule has 0 radical (unpaired) electrons. The summed E-state index contributed by atoms with van der Waals surface area (Å²) in [6.45, 7) is 2.21. The molecule has 5 rings (SSSR count). The van der Waals surface area contributed by atoms with Crippen molar-refractivity contribution in [3.05, 3.63) is 82.8 Å². The molecule has 1 aliphatic heterocycles. The Balaban J connectivity index is 1.26. The van der Waals surface area contributed by atoms with E-state index in [0.29, 0.717) is 31.7 Å². The van der Waals surface area contributed by atoms with Crippen molar-refractivity contribution in [2.45, 2.75) is 0 Å². The van der Waals surface area contributed by atoms with Crippen molar-refractivity contribution in [1.82, 2.24) is 19.4 Å². The van der Waals surface area contributed by atoms with Crippen LogP contribution in [0.3, 0.4) is 0 Å². The number of para-hydroxylation sites is 2. The van der Waals surface area contributed by atoms with Gasteiger partial charge < -0.3 is 9.80 Å². The van der Waals surface area contributed by atoms with Crippen LogP contribution in [0.2, 0.25) is 0 Å². The van der Waals surface area contributed by atoms with E-state index in [2.05, 4.69) is 4.98 Å². The number of carbonyl (C=O) groups is 2. The van der Waals surface area contributed by atoms with E-state index >= 15 is 0 Å². The number of benzene rings is 2. The monoisotopic (exact) mass is 416 g/mol. The van der Waals surface area contributed by atoms with Crippen LogP contribution in [0.4, 0.5) is 0 Å². The Morgan fingerprint density at radius 3 is 2.20 bits per heavy atom. The van der Waals surface area contributed by atoms with Crippen LogP contribution in [-0.2, 0) is 0 Å². The highest BCUT2D eigenvalue weighted by molar-refractivity contribution is 7.12. The summed E-state index contributed by atoms with van der Waals surface area (Å²) in [5.41, 5.74) is 3.59. The van der Waals surface area contributed by atoms with Gasteiger partial charge in [0.05, 0.1) is 15.9 Å². The molecular formula is C23H20N4O2S. The standard InChI is InChI=1S/C23H20N4O2S/c28-22(25-11-13-26(14-12-25)23(29)21-6-3-15-30-21)17-7-9-18(10-8-17)27-16-24-19-4-1-2-5-20(19)27/h1-10,15-16H,11-14H2. The van der Waals surface area contributed by atoms with Gasteiger partial charge in [0, 0.05) is 37.4 Å². The fourth-order valence-electron chi connectivity index (χ4n) is 3.78. The molecule has 1 aliphatic rings. The summed E-state index contributed by atoms with van der Waals surface area (Å²) in [5, 5.41) is 1.91. The first-order valence-electron chi connectivity index (χ1n) is 9.85. The number of rotatable bonds is 3. The number of nitrogens with zero attached hydrogens (tertiary/aromatic N) is 4. The van der Waals surface area contributed by atoms with E-state index in [1.54, 1.807) is 6.33 Å². The predicted octanol–water partition coefficient (Wildman–Crippen LogP) is 3.69. The molecule has 3 heterocycles. The van der Waals surface area contributed by atoms with Gasteiger partial charge in [-0.15, -0.1) is 11.3 Å². The maximum absolute atomic E-state index is 12.9. The van der Waals surface area contributed by atoms with Gasteiger partial charge in [0.15, 0.2) is 0 Å². The highest BCUT2D eigenvalue weighted by Gasteiger charge is 2.25. The van der Waals surface area contributed by atoms with Crippen LogP contribution in [0, 0.1) is 0 Å². The summed E-state index contributed by atoms with van der Waals surface area (Å²) >= 11 is 1.45. The first kappa shape index (κ1) is 18.6. The SMILES string of the molecule is O=C(c1ccc(-n2cnc3ccccc32)cc1)N1CCN(C(=O)c2cccs2)CC1. The third kappa shape index (κ3) is 3.37. The smallest absolute Gasteiger partial charge is 0.264 e. The fraction of sp³-hybridized carbons (Fsp3) is 0.174. The van der Waals surface area contributed by atoms with E-state index in [9.17, 15) is 9.59 Å². The van der Waals surface area contributed by atoms with E-state index in [1.165, 1.54) is 11.3 Å². The molecule has 0 saturated carbocycles. The van der Waals surface area contributed by atoms with Gasteiger partial charge in [-0.05, 0) is 47.8 Å². The van der Waals surface area contributed by atoms with Gasteiger partial charge in [0.25, 0.3) is 11.8 Å². The molecule has 0 N–H and O–H groups in total. The van der Waals surface area contributed by atoms with Crippen molar-refractivity contribution in [3.63, 3.8) is 0 Å².